The number of rotatable bonds is 8. The largest absolute Gasteiger partial charge is 0.455 e. The molecule has 0 aliphatic carbocycles. The molecule has 0 amide bonds. The highest BCUT2D eigenvalue weighted by Crippen LogP contribution is 2.52. The molecule has 0 spiro atoms. The first kappa shape index (κ1) is 53.9. The molecule has 610 valence electrons. The van der Waals surface area contributed by atoms with Gasteiger partial charge in [0.15, 0.2) is 0 Å². The Balaban J connectivity index is 0.000000111. The summed E-state index contributed by atoms with van der Waals surface area (Å²) >= 11 is 0. The van der Waals surface area contributed by atoms with E-state index < -0.39 is 0 Å². The number of para-hydroxylation sites is 8. The Labute approximate surface area is 790 Å². The van der Waals surface area contributed by atoms with Crippen molar-refractivity contribution >= 4 is 206 Å². The van der Waals surface area contributed by atoms with E-state index in [0.29, 0.717) is 78.0 Å². The second-order valence-corrected chi connectivity index (χ2v) is 33.3. The third-order valence-corrected chi connectivity index (χ3v) is 26.2. The van der Waals surface area contributed by atoms with Crippen LogP contribution in [0.4, 0.5) is 0 Å². The van der Waals surface area contributed by atoms with Gasteiger partial charge in [0, 0.05) is 65.3 Å². The molecule has 0 saturated heterocycles. The van der Waals surface area contributed by atoms with Crippen LogP contribution in [0.3, 0.4) is 0 Å². The highest BCUT2D eigenvalue weighted by molar-refractivity contribution is 6.33. The van der Waals surface area contributed by atoms with Gasteiger partial charge in [-0.05, 0) is 210 Å². The van der Waals surface area contributed by atoms with Gasteiger partial charge in [-0.1, -0.05) is 424 Å². The van der Waals surface area contributed by atoms with Crippen LogP contribution in [0.5, 0.6) is 0 Å². The van der Waals surface area contributed by atoms with Crippen LogP contribution in [0.2, 0.25) is 0 Å². The SMILES string of the molecule is [2H]c1c([2H])c2c([2H])c([2H])c3c(-c4cccc5c4oc4ccccc45)c([2H])c([2H])c4c([2H])c([2H])c(c1-c1ccc(-c5cccc6ccccc56)cc1)c2c43.[2H]c1c([2H])c2c([2H])c([2H])c3c([2H])c([2H])c(-c4cccc5c4oc4ccccc45)c4c([2H])c([2H])c(c1-c1ccc(-c5cccc6ccccc56)cc1)c2c34.[2H]c1c([2H])c2c([2H])c([2H])c3c([2H])c([2H])c(-c4cccc5c4oc4ccccc45)c4c([2H])c([2H])c(c1-c1cccc5c1oc1ccccc15)c2c34. The molecule has 4 heterocycles. The maximum Gasteiger partial charge on any atom is 0.143 e. The number of furan rings is 4. The van der Waals surface area contributed by atoms with Crippen LogP contribution in [0, 0.1) is 0 Å². The molecular weight excluding hydrogens is 1600 g/mol. The van der Waals surface area contributed by atoms with Crippen LogP contribution in [-0.2, 0) is 0 Å². The zero-order valence-corrected chi connectivity index (χ0v) is 69.5. The van der Waals surface area contributed by atoms with Gasteiger partial charge in [0.1, 0.15) is 44.7 Å². The Morgan fingerprint density at radius 1 is 0.121 bits per heavy atom. The Bertz CT molecular complexity index is 11000. The van der Waals surface area contributed by atoms with Gasteiger partial charge < -0.3 is 17.7 Å². The minimum Gasteiger partial charge on any atom is -0.455 e. The van der Waals surface area contributed by atoms with Gasteiger partial charge in [0.25, 0.3) is 0 Å². The van der Waals surface area contributed by atoms with Crippen molar-refractivity contribution in [1.82, 2.24) is 0 Å². The topological polar surface area (TPSA) is 52.6 Å². The average molecular weight is 1700 g/mol. The summed E-state index contributed by atoms with van der Waals surface area (Å²) in [6.45, 7) is 0. The molecule has 0 aliphatic heterocycles. The third-order valence-electron chi connectivity index (χ3n) is 26.2. The Morgan fingerprint density at radius 2 is 0.311 bits per heavy atom. The Morgan fingerprint density at radius 3 is 0.598 bits per heavy atom. The fraction of sp³-hybridized carbons (Fsp3) is 0. The predicted molar refractivity (Wildman–Crippen MR) is 558 cm³/mol. The molecule has 26 aromatic carbocycles. The van der Waals surface area contributed by atoms with E-state index in [4.69, 9.17) is 23.2 Å². The first-order valence-corrected chi connectivity index (χ1v) is 43.5. The molecule has 4 aromatic heterocycles. The highest BCUT2D eigenvalue weighted by atomic mass is 16.3. The first-order chi connectivity index (χ1) is 75.5. The number of benzene rings is 26. The zero-order valence-electron chi connectivity index (χ0n) is 93.5. The van der Waals surface area contributed by atoms with Crippen LogP contribution in [0.25, 0.3) is 295 Å². The lowest BCUT2D eigenvalue weighted by Gasteiger charge is -2.17. The molecule has 30 aromatic rings. The zero-order chi connectivity index (χ0) is 107. The van der Waals surface area contributed by atoms with Crippen LogP contribution in [0.1, 0.15) is 32.9 Å². The van der Waals surface area contributed by atoms with Crippen LogP contribution in [-0.4, -0.2) is 0 Å². The fourth-order valence-electron chi connectivity index (χ4n) is 20.2. The summed E-state index contributed by atoms with van der Waals surface area (Å²) in [5, 5.41) is 13.8. The molecule has 4 nitrogen and oxygen atoms in total. The predicted octanol–water partition coefficient (Wildman–Crippen LogP) is 37.0. The molecule has 0 unspecified atom stereocenters. The second kappa shape index (κ2) is 29.0. The van der Waals surface area contributed by atoms with E-state index >= 15 is 0 Å². The summed E-state index contributed by atoms with van der Waals surface area (Å²) in [5.74, 6) is 0. The molecule has 0 fully saturated rings. The molecule has 30 rings (SSSR count). The second-order valence-electron chi connectivity index (χ2n) is 33.3. The van der Waals surface area contributed by atoms with E-state index in [1.807, 2.05) is 231 Å². The van der Waals surface area contributed by atoms with E-state index in [1.165, 1.54) is 0 Å². The van der Waals surface area contributed by atoms with Crippen molar-refractivity contribution in [3.8, 4) is 89.0 Å². The molecule has 4 heteroatoms. The molecule has 0 aliphatic rings. The van der Waals surface area contributed by atoms with Crippen molar-refractivity contribution < 1.29 is 50.6 Å². The van der Waals surface area contributed by atoms with Crippen molar-refractivity contribution in [1.29, 1.82) is 0 Å². The number of fused-ring (bicyclic) bond motifs is 14. The first-order valence-electron chi connectivity index (χ1n) is 55.5. The number of hydrogen-bond acceptors (Lipinski definition) is 4. The molecule has 132 heavy (non-hydrogen) atoms. The van der Waals surface area contributed by atoms with Gasteiger partial charge >= 0.3 is 0 Å². The standard InChI is InChI=1S/2C44H26O.C40H22O2/c1-2-9-32-27(7-1)8-5-11-33(32)28-15-17-29(18-16-28)34-23-19-30-22-26-38-35(24-20-31-21-25-37(34)42(30)43(31)38)39-12-6-13-40-36-10-3-4-14-41(36)45-44(39)40;1-2-9-32-27(7-1)8-5-11-33(32)28-15-17-29(18-16-28)34-23-21-30-19-20-31-22-24-35(38-26-25-37(34)42(30)43(31)38)39-12-6-13-40-36-10-3-4-14-41(36)45-44(39)40;1-3-13-35-27(7-1)33-11-5-9-31(39(33)41-35)25-19-17-23-15-16-24-18-20-26(30-22-21-29(25)37(23)38(24)30)32-10-6-12-34-28-8-2-4-14-36(28)42-40(32)34/h2*1-26H;1-22H/i2*19D,20D,21D,22D,23D,24D,25D,26D;15D,16D,17D,18D,19D,20D,21D,22D. The van der Waals surface area contributed by atoms with Gasteiger partial charge in [-0.15, -0.1) is 0 Å². The van der Waals surface area contributed by atoms with Crippen molar-refractivity contribution in [2.75, 3.05) is 0 Å². The van der Waals surface area contributed by atoms with E-state index in [9.17, 15) is 27.4 Å². The molecule has 0 N–H and O–H groups in total. The maximum atomic E-state index is 9.57. The average Bonchev–Trinajstić information content (AvgIpc) is 0.890. The fourth-order valence-corrected chi connectivity index (χ4v) is 20.2. The Kier molecular flexibility index (Phi) is 11.9. The molecule has 0 saturated carbocycles. The van der Waals surface area contributed by atoms with Gasteiger partial charge in [0.05, 0.1) is 32.9 Å². The van der Waals surface area contributed by atoms with Crippen LogP contribution < -0.4 is 0 Å². The summed E-state index contributed by atoms with van der Waals surface area (Å²) < 4.78 is 248. The smallest absolute Gasteiger partial charge is 0.143 e. The summed E-state index contributed by atoms with van der Waals surface area (Å²) in [5.41, 5.74) is 12.8. The minimum atomic E-state index is -0.368. The van der Waals surface area contributed by atoms with Crippen molar-refractivity contribution in [3.63, 3.8) is 0 Å². The van der Waals surface area contributed by atoms with Gasteiger partial charge in [-0.3, -0.25) is 0 Å². The lowest BCUT2D eigenvalue weighted by molar-refractivity contribution is 0.669. The maximum absolute atomic E-state index is 9.57. The van der Waals surface area contributed by atoms with Crippen molar-refractivity contribution in [3.05, 3.63) is 448 Å². The van der Waals surface area contributed by atoms with Crippen LogP contribution >= 0.6 is 0 Å². The number of hydrogen-bond donors (Lipinski definition) is 0. The molecule has 0 atom stereocenters. The van der Waals surface area contributed by atoms with Crippen molar-refractivity contribution in [2.24, 2.45) is 0 Å². The van der Waals surface area contributed by atoms with Gasteiger partial charge in [-0.2, -0.15) is 0 Å². The normalized spacial score (nSPS) is 14.6. The lowest BCUT2D eigenvalue weighted by Crippen LogP contribution is -1.90. The van der Waals surface area contributed by atoms with E-state index in [2.05, 4.69) is 48.5 Å². The van der Waals surface area contributed by atoms with E-state index in [0.717, 1.165) is 86.9 Å². The molecule has 0 radical (unpaired) electrons. The van der Waals surface area contributed by atoms with Crippen LogP contribution in [0.15, 0.2) is 466 Å². The van der Waals surface area contributed by atoms with Gasteiger partial charge in [0.2, 0.25) is 0 Å². The minimum absolute atomic E-state index is 0.00782. The summed E-state index contributed by atoms with van der Waals surface area (Å²) in [7, 11) is 0. The monoisotopic (exact) mass is 1700 g/mol. The summed E-state index contributed by atoms with van der Waals surface area (Å²) in [6.07, 6.45) is 0. The third kappa shape index (κ3) is 11.3. The highest BCUT2D eigenvalue weighted by Gasteiger charge is 2.25. The quantitative estimate of drug-likeness (QED) is 0.142. The Hall–Kier alpha value is -17.4. The van der Waals surface area contributed by atoms with Gasteiger partial charge in [-0.25, -0.2) is 0 Å². The molecule has 0 bridgehead atoms. The molecular formula is C128H74O4. The summed E-state index contributed by atoms with van der Waals surface area (Å²) in [4.78, 5) is 0. The lowest BCUT2D eigenvalue weighted by atomic mass is 9.86. The van der Waals surface area contributed by atoms with Crippen molar-refractivity contribution in [2.45, 2.75) is 0 Å². The summed E-state index contributed by atoms with van der Waals surface area (Å²) in [6, 6.07) is 89.2. The van der Waals surface area contributed by atoms with E-state index in [-0.39, 0.29) is 275 Å². The van der Waals surface area contributed by atoms with E-state index in [1.54, 1.807) is 24.3 Å².